The molecule has 1 aliphatic heterocycles. The number of rotatable bonds is 2. The zero-order valence-corrected chi connectivity index (χ0v) is 17.8. The van der Waals surface area contributed by atoms with Crippen LogP contribution in [0.3, 0.4) is 0 Å². The summed E-state index contributed by atoms with van der Waals surface area (Å²) in [5.41, 5.74) is 6.08. The highest BCUT2D eigenvalue weighted by Gasteiger charge is 2.25. The van der Waals surface area contributed by atoms with Gasteiger partial charge in [0.05, 0.1) is 16.8 Å². The van der Waals surface area contributed by atoms with Crippen LogP contribution in [0.4, 0.5) is 0 Å². The van der Waals surface area contributed by atoms with Gasteiger partial charge in [0.15, 0.2) is 5.82 Å². The van der Waals surface area contributed by atoms with Crippen molar-refractivity contribution in [3.8, 4) is 5.82 Å². The number of aromatic amines is 1. The van der Waals surface area contributed by atoms with Crippen LogP contribution in [0, 0.1) is 13.8 Å². The fraction of sp³-hybridized carbons (Fsp3) is 0.227. The van der Waals surface area contributed by atoms with Crippen molar-refractivity contribution < 1.29 is 4.79 Å². The van der Waals surface area contributed by atoms with Gasteiger partial charge in [0.2, 0.25) is 0 Å². The molecule has 0 radical (unpaired) electrons. The maximum atomic E-state index is 13.1. The Balaban J connectivity index is 1.41. The van der Waals surface area contributed by atoms with Crippen LogP contribution < -0.4 is 0 Å². The number of carbonyl (C=O) groups excluding carboxylic acids is 1. The van der Waals surface area contributed by atoms with Crippen LogP contribution in [0.5, 0.6) is 0 Å². The van der Waals surface area contributed by atoms with E-state index in [1.165, 1.54) is 16.6 Å². The van der Waals surface area contributed by atoms with Crippen molar-refractivity contribution >= 4 is 32.7 Å². The molecule has 1 amide bonds. The van der Waals surface area contributed by atoms with Gasteiger partial charge in [0.25, 0.3) is 5.91 Å². The molecule has 0 atom stereocenters. The second kappa shape index (κ2) is 6.84. The fourth-order valence-electron chi connectivity index (χ4n) is 4.06. The van der Waals surface area contributed by atoms with Gasteiger partial charge in [-0.3, -0.25) is 4.79 Å². The molecule has 5 rings (SSSR count). The molecule has 0 saturated heterocycles. The number of nitrogens with zero attached hydrogens (tertiary/aromatic N) is 4. The van der Waals surface area contributed by atoms with Crippen molar-refractivity contribution in [3.05, 3.63) is 75.3 Å². The van der Waals surface area contributed by atoms with E-state index in [9.17, 15) is 4.79 Å². The highest BCUT2D eigenvalue weighted by atomic mass is 79.9. The van der Waals surface area contributed by atoms with Crippen molar-refractivity contribution in [1.82, 2.24) is 24.6 Å². The van der Waals surface area contributed by atoms with Crippen LogP contribution in [0.25, 0.3) is 16.7 Å². The summed E-state index contributed by atoms with van der Waals surface area (Å²) in [6, 6.07) is 11.9. The molecule has 0 unspecified atom stereocenters. The van der Waals surface area contributed by atoms with Gasteiger partial charge in [0.1, 0.15) is 0 Å². The number of nitrogens with one attached hydrogen (secondary N) is 1. The number of halogens is 1. The van der Waals surface area contributed by atoms with E-state index in [4.69, 9.17) is 0 Å². The monoisotopic (exact) mass is 449 g/mol. The highest BCUT2D eigenvalue weighted by molar-refractivity contribution is 9.10. The van der Waals surface area contributed by atoms with E-state index in [2.05, 4.69) is 37.1 Å². The van der Waals surface area contributed by atoms with Gasteiger partial charge in [-0.1, -0.05) is 12.1 Å². The molecule has 29 heavy (non-hydrogen) atoms. The minimum atomic E-state index is 0.00687. The third-order valence-electron chi connectivity index (χ3n) is 5.47. The fourth-order valence-corrected chi connectivity index (χ4v) is 4.52. The van der Waals surface area contributed by atoms with E-state index in [1.54, 1.807) is 10.9 Å². The minimum Gasteiger partial charge on any atom is -0.357 e. The van der Waals surface area contributed by atoms with Gasteiger partial charge >= 0.3 is 0 Å². The van der Waals surface area contributed by atoms with E-state index in [0.717, 1.165) is 33.6 Å². The summed E-state index contributed by atoms with van der Waals surface area (Å²) in [4.78, 5) is 23.0. The van der Waals surface area contributed by atoms with E-state index in [1.807, 2.05) is 49.1 Å². The first-order chi connectivity index (χ1) is 14.0. The first-order valence-electron chi connectivity index (χ1n) is 9.58. The molecule has 6 nitrogen and oxygen atoms in total. The summed E-state index contributed by atoms with van der Waals surface area (Å²) in [5, 5.41) is 5.62. The largest absolute Gasteiger partial charge is 0.357 e. The Bertz CT molecular complexity index is 1240. The van der Waals surface area contributed by atoms with Crippen LogP contribution in [0.2, 0.25) is 0 Å². The Hall–Kier alpha value is -2.93. The van der Waals surface area contributed by atoms with Crippen molar-refractivity contribution in [3.63, 3.8) is 0 Å². The SMILES string of the molecule is Cc1cc(C)n(-c2ccc(C(=O)N3CCc4[nH]c5c(Br)cccc5c4C3)cn2)n1. The summed E-state index contributed by atoms with van der Waals surface area (Å²) in [5.74, 6) is 0.724. The maximum Gasteiger partial charge on any atom is 0.255 e. The molecular formula is C22H20BrN5O. The molecule has 146 valence electrons. The molecule has 0 bridgehead atoms. The quantitative estimate of drug-likeness (QED) is 0.495. The average molecular weight is 450 g/mol. The minimum absolute atomic E-state index is 0.00687. The number of H-pyrrole nitrogens is 1. The highest BCUT2D eigenvalue weighted by Crippen LogP contribution is 2.32. The summed E-state index contributed by atoms with van der Waals surface area (Å²) >= 11 is 3.61. The maximum absolute atomic E-state index is 13.1. The lowest BCUT2D eigenvalue weighted by molar-refractivity contribution is 0.0734. The number of fused-ring (bicyclic) bond motifs is 3. The van der Waals surface area contributed by atoms with Crippen LogP contribution in [-0.2, 0) is 13.0 Å². The summed E-state index contributed by atoms with van der Waals surface area (Å²) in [6.45, 7) is 5.24. The molecule has 0 aliphatic carbocycles. The number of hydrogen-bond acceptors (Lipinski definition) is 3. The van der Waals surface area contributed by atoms with E-state index >= 15 is 0 Å². The normalized spacial score (nSPS) is 13.7. The number of hydrogen-bond donors (Lipinski definition) is 1. The first-order valence-corrected chi connectivity index (χ1v) is 10.4. The molecular weight excluding hydrogens is 430 g/mol. The lowest BCUT2D eigenvalue weighted by Crippen LogP contribution is -2.35. The molecule has 0 spiro atoms. The van der Waals surface area contributed by atoms with E-state index < -0.39 is 0 Å². The number of pyridine rings is 1. The number of aromatic nitrogens is 4. The molecule has 7 heteroatoms. The molecule has 1 aromatic carbocycles. The predicted molar refractivity (Wildman–Crippen MR) is 115 cm³/mol. The van der Waals surface area contributed by atoms with Crippen molar-refractivity contribution in [2.75, 3.05) is 6.54 Å². The van der Waals surface area contributed by atoms with Crippen LogP contribution in [-0.4, -0.2) is 37.1 Å². The van der Waals surface area contributed by atoms with E-state index in [0.29, 0.717) is 18.7 Å². The molecule has 3 aromatic heterocycles. The third-order valence-corrected chi connectivity index (χ3v) is 6.13. The number of para-hydroxylation sites is 1. The van der Waals surface area contributed by atoms with Crippen molar-refractivity contribution in [2.45, 2.75) is 26.8 Å². The topological polar surface area (TPSA) is 66.8 Å². The Morgan fingerprint density at radius 3 is 2.79 bits per heavy atom. The zero-order chi connectivity index (χ0) is 20.1. The van der Waals surface area contributed by atoms with Gasteiger partial charge in [-0.15, -0.1) is 0 Å². The Labute approximate surface area is 176 Å². The van der Waals surface area contributed by atoms with Crippen LogP contribution in [0.15, 0.2) is 47.1 Å². The number of benzene rings is 1. The second-order valence-electron chi connectivity index (χ2n) is 7.47. The van der Waals surface area contributed by atoms with Crippen LogP contribution >= 0.6 is 15.9 Å². The standard InChI is InChI=1S/C22H20BrN5O/c1-13-10-14(2)28(26-13)20-7-6-15(11-24-20)22(29)27-9-8-19-17(12-27)16-4-3-5-18(23)21(16)25-19/h3-7,10-11,25H,8-9,12H2,1-2H3. The molecule has 1 N–H and O–H groups in total. The van der Waals surface area contributed by atoms with Gasteiger partial charge in [-0.25, -0.2) is 9.67 Å². The summed E-state index contributed by atoms with van der Waals surface area (Å²) in [6.07, 6.45) is 2.47. The Kier molecular flexibility index (Phi) is 4.28. The smallest absolute Gasteiger partial charge is 0.255 e. The van der Waals surface area contributed by atoms with Gasteiger partial charge in [0, 0.05) is 52.5 Å². The summed E-state index contributed by atoms with van der Waals surface area (Å²) < 4.78 is 2.84. The molecule has 0 fully saturated rings. The molecule has 4 aromatic rings. The zero-order valence-electron chi connectivity index (χ0n) is 16.2. The van der Waals surface area contributed by atoms with Gasteiger partial charge < -0.3 is 9.88 Å². The van der Waals surface area contributed by atoms with Gasteiger partial charge in [-0.05, 0) is 54.0 Å². The van der Waals surface area contributed by atoms with Crippen molar-refractivity contribution in [2.24, 2.45) is 0 Å². The predicted octanol–water partition coefficient (Wildman–Crippen LogP) is 4.33. The van der Waals surface area contributed by atoms with Crippen LogP contribution in [0.1, 0.15) is 33.0 Å². The van der Waals surface area contributed by atoms with Crippen molar-refractivity contribution in [1.29, 1.82) is 0 Å². The lowest BCUT2D eigenvalue weighted by Gasteiger charge is -2.27. The second-order valence-corrected chi connectivity index (χ2v) is 8.32. The number of carbonyl (C=O) groups is 1. The third kappa shape index (κ3) is 3.06. The Morgan fingerprint density at radius 2 is 2.07 bits per heavy atom. The molecule has 4 heterocycles. The summed E-state index contributed by atoms with van der Waals surface area (Å²) in [7, 11) is 0. The first kappa shape index (κ1) is 18.1. The number of amides is 1. The van der Waals surface area contributed by atoms with Gasteiger partial charge in [-0.2, -0.15) is 5.10 Å². The molecule has 0 saturated carbocycles. The number of aryl methyl sites for hydroxylation is 2. The average Bonchev–Trinajstić information content (AvgIpc) is 3.27. The lowest BCUT2D eigenvalue weighted by atomic mass is 10.0. The van der Waals surface area contributed by atoms with E-state index in [-0.39, 0.29) is 5.91 Å². The Morgan fingerprint density at radius 1 is 1.21 bits per heavy atom. The molecule has 1 aliphatic rings.